The van der Waals surface area contributed by atoms with Crippen LogP contribution in [0.1, 0.15) is 226 Å². The number of allylic oxidation sites excluding steroid dienone is 2. The molecule has 0 aliphatic rings. The molecule has 0 spiro atoms. The monoisotopic (exact) mass is 794 g/mol. The molecule has 0 saturated carbocycles. The van der Waals surface area contributed by atoms with Gasteiger partial charge in [-0.3, -0.25) is 9.59 Å². The van der Waals surface area contributed by atoms with Gasteiger partial charge in [0.1, 0.15) is 12.6 Å². The first-order valence-corrected chi connectivity index (χ1v) is 23.7. The lowest BCUT2D eigenvalue weighted by Gasteiger charge is -2.34. The number of likely N-dealkylation sites (N-methyl/N-ethyl adjacent to an activating group) is 1. The Balaban J connectivity index is 4.13. The fourth-order valence-corrected chi connectivity index (χ4v) is 7.19. The third-order valence-electron chi connectivity index (χ3n) is 10.9. The molecular weight excluding hydrogens is 703 g/mol. The summed E-state index contributed by atoms with van der Waals surface area (Å²) in [5.74, 6) is -1.76. The van der Waals surface area contributed by atoms with Crippen molar-refractivity contribution in [1.82, 2.24) is 0 Å². The van der Waals surface area contributed by atoms with Gasteiger partial charge in [-0.25, -0.2) is 0 Å². The van der Waals surface area contributed by atoms with Crippen LogP contribution in [0.5, 0.6) is 0 Å². The number of carboxylic acids is 1. The fraction of sp³-hybridized carbons (Fsp3) is 0.896. The average Bonchev–Trinajstić information content (AvgIpc) is 3.15. The molecule has 2 unspecified atom stereocenters. The molecule has 0 heterocycles. The predicted octanol–water partition coefficient (Wildman–Crippen LogP) is 11.8. The zero-order chi connectivity index (χ0) is 41.4. The highest BCUT2D eigenvalue weighted by Gasteiger charge is 2.25. The number of carbonyl (C=O) groups is 3. The quantitative estimate of drug-likeness (QED) is 0.0262. The number of esters is 2. The summed E-state index contributed by atoms with van der Waals surface area (Å²) in [6.07, 6.45) is 42.6. The van der Waals surface area contributed by atoms with Crippen molar-refractivity contribution < 1.29 is 38.2 Å². The summed E-state index contributed by atoms with van der Waals surface area (Å²) in [6.45, 7) is 4.63. The standard InChI is InChI=1S/C48H91NO7/c1-6-8-10-12-14-16-17-18-19-20-21-22-23-24-25-26-27-28-29-31-33-35-37-39-47(51)56-44(42-54-41-40-45(48(52)53)49(3,4)5)43-55-46(50)38-36-34-32-30-15-13-11-9-7-2/h30,32,44-45H,6-29,31,33-43H2,1-5H3/b32-30+. The van der Waals surface area contributed by atoms with E-state index >= 15 is 0 Å². The molecule has 0 bridgehead atoms. The zero-order valence-corrected chi connectivity index (χ0v) is 37.6. The maximum Gasteiger partial charge on any atom is 0.306 e. The normalized spacial score (nSPS) is 12.9. The van der Waals surface area contributed by atoms with Crippen molar-refractivity contribution in [1.29, 1.82) is 0 Å². The van der Waals surface area contributed by atoms with Gasteiger partial charge in [-0.05, 0) is 32.1 Å². The third kappa shape index (κ3) is 37.6. The molecule has 0 aromatic heterocycles. The fourth-order valence-electron chi connectivity index (χ4n) is 7.19. The number of carboxylic acid groups (broad SMARTS) is 1. The van der Waals surface area contributed by atoms with Gasteiger partial charge in [-0.1, -0.05) is 187 Å². The summed E-state index contributed by atoms with van der Waals surface area (Å²) in [6, 6.07) is -0.724. The Kier molecular flexibility index (Phi) is 38.5. The Morgan fingerprint density at radius 2 is 0.911 bits per heavy atom. The van der Waals surface area contributed by atoms with Gasteiger partial charge in [0, 0.05) is 19.3 Å². The lowest BCUT2D eigenvalue weighted by atomic mass is 10.0. The van der Waals surface area contributed by atoms with Crippen LogP contribution in [-0.4, -0.2) is 75.5 Å². The second kappa shape index (κ2) is 39.9. The van der Waals surface area contributed by atoms with Gasteiger partial charge in [-0.15, -0.1) is 0 Å². The minimum Gasteiger partial charge on any atom is -0.544 e. The van der Waals surface area contributed by atoms with Crippen molar-refractivity contribution in [3.63, 3.8) is 0 Å². The predicted molar refractivity (Wildman–Crippen MR) is 231 cm³/mol. The van der Waals surface area contributed by atoms with Crippen molar-refractivity contribution in [3.05, 3.63) is 12.2 Å². The summed E-state index contributed by atoms with van der Waals surface area (Å²) >= 11 is 0. The molecule has 0 rings (SSSR count). The summed E-state index contributed by atoms with van der Waals surface area (Å²) in [4.78, 5) is 36.8. The van der Waals surface area contributed by atoms with Crippen molar-refractivity contribution in [2.75, 3.05) is 41.0 Å². The van der Waals surface area contributed by atoms with E-state index in [-0.39, 0.29) is 42.7 Å². The minimum absolute atomic E-state index is 0.0378. The smallest absolute Gasteiger partial charge is 0.306 e. The lowest BCUT2D eigenvalue weighted by Crippen LogP contribution is -2.55. The van der Waals surface area contributed by atoms with E-state index in [1.54, 1.807) is 21.1 Å². The number of aliphatic carboxylic acids is 1. The topological polar surface area (TPSA) is 102 Å². The van der Waals surface area contributed by atoms with Gasteiger partial charge in [-0.2, -0.15) is 0 Å². The van der Waals surface area contributed by atoms with Gasteiger partial charge >= 0.3 is 11.9 Å². The van der Waals surface area contributed by atoms with Crippen LogP contribution in [0.2, 0.25) is 0 Å². The Morgan fingerprint density at radius 3 is 1.34 bits per heavy atom. The maximum atomic E-state index is 12.7. The van der Waals surface area contributed by atoms with Gasteiger partial charge in [0.25, 0.3) is 0 Å². The Labute approximate surface area is 346 Å². The molecule has 0 N–H and O–H groups in total. The average molecular weight is 794 g/mol. The molecule has 0 aromatic rings. The van der Waals surface area contributed by atoms with Gasteiger partial charge < -0.3 is 28.6 Å². The molecule has 0 aromatic carbocycles. The molecule has 8 heteroatoms. The van der Waals surface area contributed by atoms with E-state index in [1.807, 2.05) is 0 Å². The summed E-state index contributed by atoms with van der Waals surface area (Å²) < 4.78 is 17.1. The Morgan fingerprint density at radius 1 is 0.518 bits per heavy atom. The van der Waals surface area contributed by atoms with Crippen molar-refractivity contribution in [3.8, 4) is 0 Å². The number of hydrogen-bond donors (Lipinski definition) is 0. The Bertz CT molecular complexity index is 931. The SMILES string of the molecule is CCCCCC/C=C/CCCC(=O)OCC(COCCC(C(=O)[O-])[N+](C)(C)C)OC(=O)CCCCCCCCCCCCCCCCCCCCCCCCC. The van der Waals surface area contributed by atoms with Crippen LogP contribution < -0.4 is 5.11 Å². The van der Waals surface area contributed by atoms with Crippen molar-refractivity contribution >= 4 is 17.9 Å². The number of quaternary nitrogens is 1. The number of rotatable bonds is 43. The van der Waals surface area contributed by atoms with Crippen LogP contribution >= 0.6 is 0 Å². The van der Waals surface area contributed by atoms with E-state index in [4.69, 9.17) is 14.2 Å². The maximum absolute atomic E-state index is 12.7. The summed E-state index contributed by atoms with van der Waals surface area (Å²) in [5, 5.41) is 11.6. The molecule has 0 aliphatic carbocycles. The molecule has 0 aliphatic heterocycles. The Hall–Kier alpha value is -1.93. The number of carbonyl (C=O) groups excluding carboxylic acids is 3. The van der Waals surface area contributed by atoms with Crippen LogP contribution in [0.25, 0.3) is 0 Å². The first-order valence-electron chi connectivity index (χ1n) is 23.7. The lowest BCUT2D eigenvalue weighted by molar-refractivity contribution is -0.889. The van der Waals surface area contributed by atoms with E-state index in [0.29, 0.717) is 19.3 Å². The van der Waals surface area contributed by atoms with E-state index in [2.05, 4.69) is 26.0 Å². The van der Waals surface area contributed by atoms with Crippen LogP contribution in [0.4, 0.5) is 0 Å². The highest BCUT2D eigenvalue weighted by atomic mass is 16.6. The van der Waals surface area contributed by atoms with E-state index < -0.39 is 18.1 Å². The van der Waals surface area contributed by atoms with Crippen LogP contribution in [0.3, 0.4) is 0 Å². The molecule has 0 radical (unpaired) electrons. The van der Waals surface area contributed by atoms with E-state index in [0.717, 1.165) is 32.1 Å². The number of ether oxygens (including phenoxy) is 3. The van der Waals surface area contributed by atoms with Crippen molar-refractivity contribution in [2.24, 2.45) is 0 Å². The van der Waals surface area contributed by atoms with Gasteiger partial charge in [0.2, 0.25) is 0 Å². The highest BCUT2D eigenvalue weighted by molar-refractivity contribution is 5.70. The van der Waals surface area contributed by atoms with E-state index in [9.17, 15) is 19.5 Å². The van der Waals surface area contributed by atoms with Crippen LogP contribution in [0.15, 0.2) is 12.2 Å². The second-order valence-corrected chi connectivity index (χ2v) is 17.4. The van der Waals surface area contributed by atoms with Crippen LogP contribution in [-0.2, 0) is 28.6 Å². The first-order chi connectivity index (χ1) is 27.1. The minimum atomic E-state index is -1.13. The second-order valence-electron chi connectivity index (χ2n) is 17.4. The van der Waals surface area contributed by atoms with Gasteiger partial charge in [0.05, 0.1) is 40.3 Å². The number of nitrogens with zero attached hydrogens (tertiary/aromatic N) is 1. The number of hydrogen-bond acceptors (Lipinski definition) is 7. The molecule has 0 amide bonds. The molecule has 8 nitrogen and oxygen atoms in total. The molecule has 330 valence electrons. The summed E-state index contributed by atoms with van der Waals surface area (Å²) in [7, 11) is 5.41. The third-order valence-corrected chi connectivity index (χ3v) is 10.9. The van der Waals surface area contributed by atoms with Crippen molar-refractivity contribution in [2.45, 2.75) is 238 Å². The summed E-state index contributed by atoms with van der Waals surface area (Å²) in [5.41, 5.74) is 0. The zero-order valence-electron chi connectivity index (χ0n) is 37.6. The molecule has 0 fully saturated rings. The largest absolute Gasteiger partial charge is 0.544 e. The molecular formula is C48H91NO7. The van der Waals surface area contributed by atoms with E-state index in [1.165, 1.54) is 154 Å². The molecule has 2 atom stereocenters. The first kappa shape index (κ1) is 54.1. The highest BCUT2D eigenvalue weighted by Crippen LogP contribution is 2.16. The molecule has 0 saturated heterocycles. The van der Waals surface area contributed by atoms with Gasteiger partial charge in [0.15, 0.2) is 6.10 Å². The molecule has 56 heavy (non-hydrogen) atoms. The number of unbranched alkanes of at least 4 members (excludes halogenated alkanes) is 27. The van der Waals surface area contributed by atoms with Crippen LogP contribution in [0, 0.1) is 0 Å².